The quantitative estimate of drug-likeness (QED) is 0.515. The molecule has 1 heterocycles. The van der Waals surface area contributed by atoms with E-state index in [4.69, 9.17) is 35.4 Å². The fourth-order valence-corrected chi connectivity index (χ4v) is 4.09. The third kappa shape index (κ3) is 4.90. The van der Waals surface area contributed by atoms with Crippen molar-refractivity contribution in [2.75, 3.05) is 11.9 Å². The Kier molecular flexibility index (Phi) is 6.55. The van der Waals surface area contributed by atoms with E-state index in [9.17, 15) is 9.59 Å². The summed E-state index contributed by atoms with van der Waals surface area (Å²) in [6, 6.07) is 14.4. The molecule has 0 saturated carbocycles. The third-order valence-corrected chi connectivity index (χ3v) is 5.97. The van der Waals surface area contributed by atoms with Crippen molar-refractivity contribution in [3.8, 4) is 0 Å². The Hall–Kier alpha value is -1.86. The second-order valence-corrected chi connectivity index (χ2v) is 8.10. The summed E-state index contributed by atoms with van der Waals surface area (Å²) in [5, 5.41) is 3.58. The number of thiocarbonyl (C=S) groups is 1. The molecule has 3 rings (SSSR count). The molecule has 0 spiro atoms. The number of nitrogens with zero attached hydrogens (tertiary/aromatic N) is 1. The fraction of sp³-hybridized carbons (Fsp3) is 0.105. The molecule has 0 aliphatic carbocycles. The van der Waals surface area contributed by atoms with Crippen molar-refractivity contribution in [1.29, 1.82) is 0 Å². The van der Waals surface area contributed by atoms with E-state index in [2.05, 4.69) is 5.32 Å². The molecule has 27 heavy (non-hydrogen) atoms. The lowest BCUT2D eigenvalue weighted by Gasteiger charge is -2.14. The van der Waals surface area contributed by atoms with Crippen molar-refractivity contribution < 1.29 is 9.59 Å². The van der Waals surface area contributed by atoms with Gasteiger partial charge in [-0.15, -0.1) is 0 Å². The SMILES string of the molecule is O=C(CCN1C(=O)/C(=C/c2cccc(Cl)c2Cl)SC1=S)Nc1ccccc1. The zero-order valence-corrected chi connectivity index (χ0v) is 17.1. The van der Waals surface area contributed by atoms with Crippen molar-refractivity contribution in [3.05, 3.63) is 69.0 Å². The predicted octanol–water partition coefficient (Wildman–Crippen LogP) is 5.22. The van der Waals surface area contributed by atoms with E-state index in [0.717, 1.165) is 0 Å². The van der Waals surface area contributed by atoms with E-state index in [1.165, 1.54) is 16.7 Å². The summed E-state index contributed by atoms with van der Waals surface area (Å²) < 4.78 is 0.414. The Bertz CT molecular complexity index is 933. The van der Waals surface area contributed by atoms with Crippen LogP contribution in [0.2, 0.25) is 10.0 Å². The van der Waals surface area contributed by atoms with Gasteiger partial charge in [0.25, 0.3) is 5.91 Å². The zero-order chi connectivity index (χ0) is 19.4. The fourth-order valence-electron chi connectivity index (χ4n) is 2.42. The van der Waals surface area contributed by atoms with Crippen LogP contribution in [0.3, 0.4) is 0 Å². The molecular weight excluding hydrogens is 423 g/mol. The normalized spacial score (nSPS) is 15.5. The smallest absolute Gasteiger partial charge is 0.266 e. The van der Waals surface area contributed by atoms with E-state index >= 15 is 0 Å². The Labute approximate surface area is 176 Å². The van der Waals surface area contributed by atoms with Crippen LogP contribution in [0.1, 0.15) is 12.0 Å². The summed E-state index contributed by atoms with van der Waals surface area (Å²) in [5.41, 5.74) is 1.36. The lowest BCUT2D eigenvalue weighted by molar-refractivity contribution is -0.122. The van der Waals surface area contributed by atoms with Gasteiger partial charge in [-0.3, -0.25) is 14.5 Å². The number of carbonyl (C=O) groups is 2. The summed E-state index contributed by atoms with van der Waals surface area (Å²) in [6.07, 6.45) is 1.81. The number of benzene rings is 2. The van der Waals surface area contributed by atoms with Gasteiger partial charge in [-0.25, -0.2) is 0 Å². The number of hydrogen-bond donors (Lipinski definition) is 1. The molecular formula is C19H14Cl2N2O2S2. The van der Waals surface area contributed by atoms with Gasteiger partial charge >= 0.3 is 0 Å². The molecule has 2 amide bonds. The molecule has 1 aliphatic heterocycles. The molecule has 2 aromatic rings. The maximum Gasteiger partial charge on any atom is 0.266 e. The number of nitrogens with one attached hydrogen (secondary N) is 1. The summed E-state index contributed by atoms with van der Waals surface area (Å²) in [7, 11) is 0. The Morgan fingerprint density at radius 1 is 1.15 bits per heavy atom. The van der Waals surface area contributed by atoms with Crippen LogP contribution in [0.5, 0.6) is 0 Å². The van der Waals surface area contributed by atoms with Gasteiger partial charge in [-0.2, -0.15) is 0 Å². The molecule has 0 aromatic heterocycles. The first kappa shape index (κ1) is 19.9. The summed E-state index contributed by atoms with van der Waals surface area (Å²) >= 11 is 18.7. The van der Waals surface area contributed by atoms with Crippen LogP contribution in [0.25, 0.3) is 6.08 Å². The molecule has 1 N–H and O–H groups in total. The molecule has 4 nitrogen and oxygen atoms in total. The van der Waals surface area contributed by atoms with Gasteiger partial charge in [0.1, 0.15) is 4.32 Å². The van der Waals surface area contributed by atoms with E-state index in [-0.39, 0.29) is 24.8 Å². The lowest BCUT2D eigenvalue weighted by Crippen LogP contribution is -2.31. The van der Waals surface area contributed by atoms with Crippen LogP contribution in [-0.2, 0) is 9.59 Å². The van der Waals surface area contributed by atoms with Crippen LogP contribution in [-0.4, -0.2) is 27.6 Å². The van der Waals surface area contributed by atoms with Gasteiger partial charge in [0.15, 0.2) is 0 Å². The highest BCUT2D eigenvalue weighted by atomic mass is 35.5. The molecule has 1 fully saturated rings. The standard InChI is InChI=1S/C19H14Cl2N2O2S2/c20-14-8-4-5-12(17(14)21)11-15-18(25)23(19(26)27-15)10-9-16(24)22-13-6-2-1-3-7-13/h1-8,11H,9-10H2,(H,22,24)/b15-11-. The van der Waals surface area contributed by atoms with E-state index in [1.54, 1.807) is 36.4 Å². The Morgan fingerprint density at radius 3 is 2.63 bits per heavy atom. The Morgan fingerprint density at radius 2 is 1.89 bits per heavy atom. The summed E-state index contributed by atoms with van der Waals surface area (Å²) in [6.45, 7) is 0.212. The van der Waals surface area contributed by atoms with E-state index in [0.29, 0.717) is 30.5 Å². The topological polar surface area (TPSA) is 49.4 Å². The first-order valence-corrected chi connectivity index (χ1v) is 9.98. The first-order valence-electron chi connectivity index (χ1n) is 8.00. The molecule has 1 saturated heterocycles. The minimum absolute atomic E-state index is 0.145. The number of rotatable bonds is 5. The monoisotopic (exact) mass is 436 g/mol. The van der Waals surface area contributed by atoms with Crippen molar-refractivity contribution in [3.63, 3.8) is 0 Å². The van der Waals surface area contributed by atoms with Crippen LogP contribution < -0.4 is 5.32 Å². The summed E-state index contributed by atoms with van der Waals surface area (Å²) in [4.78, 5) is 26.6. The second kappa shape index (κ2) is 8.89. The highest BCUT2D eigenvalue weighted by molar-refractivity contribution is 8.26. The number of thioether (sulfide) groups is 1. The first-order chi connectivity index (χ1) is 13.0. The molecule has 0 bridgehead atoms. The minimum atomic E-state index is -0.242. The van der Waals surface area contributed by atoms with E-state index < -0.39 is 0 Å². The molecule has 1 aliphatic rings. The molecule has 8 heteroatoms. The van der Waals surface area contributed by atoms with Crippen LogP contribution in [0.4, 0.5) is 5.69 Å². The largest absolute Gasteiger partial charge is 0.326 e. The molecule has 0 radical (unpaired) electrons. The van der Waals surface area contributed by atoms with Gasteiger partial charge in [0.05, 0.1) is 15.0 Å². The van der Waals surface area contributed by atoms with Crippen molar-refractivity contribution in [2.45, 2.75) is 6.42 Å². The van der Waals surface area contributed by atoms with Crippen LogP contribution >= 0.6 is 47.2 Å². The summed E-state index contributed by atoms with van der Waals surface area (Å²) in [5.74, 6) is -0.425. The molecule has 0 atom stereocenters. The number of para-hydroxylation sites is 1. The van der Waals surface area contributed by atoms with Gasteiger partial charge in [-0.1, -0.05) is 77.5 Å². The molecule has 0 unspecified atom stereocenters. The number of halogens is 2. The zero-order valence-electron chi connectivity index (χ0n) is 13.9. The number of amides is 2. The second-order valence-electron chi connectivity index (χ2n) is 5.64. The lowest BCUT2D eigenvalue weighted by atomic mass is 10.2. The highest BCUT2D eigenvalue weighted by Crippen LogP contribution is 2.35. The van der Waals surface area contributed by atoms with Gasteiger partial charge in [0, 0.05) is 18.7 Å². The van der Waals surface area contributed by atoms with Crippen LogP contribution in [0, 0.1) is 0 Å². The highest BCUT2D eigenvalue weighted by Gasteiger charge is 2.32. The number of anilines is 1. The van der Waals surface area contributed by atoms with E-state index in [1.807, 2.05) is 18.2 Å². The van der Waals surface area contributed by atoms with Crippen molar-refractivity contribution in [1.82, 2.24) is 4.90 Å². The molecule has 138 valence electrons. The van der Waals surface area contributed by atoms with Crippen molar-refractivity contribution >= 4 is 75.1 Å². The van der Waals surface area contributed by atoms with Gasteiger partial charge < -0.3 is 5.32 Å². The maximum atomic E-state index is 12.6. The minimum Gasteiger partial charge on any atom is -0.326 e. The van der Waals surface area contributed by atoms with Gasteiger partial charge in [0.2, 0.25) is 5.91 Å². The predicted molar refractivity (Wildman–Crippen MR) is 116 cm³/mol. The van der Waals surface area contributed by atoms with Crippen molar-refractivity contribution in [2.24, 2.45) is 0 Å². The number of carbonyl (C=O) groups excluding carboxylic acids is 2. The van der Waals surface area contributed by atoms with Crippen LogP contribution in [0.15, 0.2) is 53.4 Å². The molecule has 2 aromatic carbocycles. The third-order valence-electron chi connectivity index (χ3n) is 3.76. The average molecular weight is 437 g/mol. The average Bonchev–Trinajstić information content (AvgIpc) is 2.91. The maximum absolute atomic E-state index is 12.6. The Balaban J connectivity index is 1.65. The van der Waals surface area contributed by atoms with Gasteiger partial charge in [-0.05, 0) is 29.8 Å². The number of hydrogen-bond acceptors (Lipinski definition) is 4.